The van der Waals surface area contributed by atoms with Gasteiger partial charge in [0.15, 0.2) is 11.5 Å². The van der Waals surface area contributed by atoms with E-state index >= 15 is 0 Å². The highest BCUT2D eigenvalue weighted by molar-refractivity contribution is 9.10. The van der Waals surface area contributed by atoms with Crippen LogP contribution in [0.25, 0.3) is 11.5 Å². The Bertz CT molecular complexity index is 821. The normalized spacial score (nSPS) is 10.5. The van der Waals surface area contributed by atoms with E-state index in [1.54, 1.807) is 14.2 Å². The predicted octanol–water partition coefficient (Wildman–Crippen LogP) is 4.13. The topological polar surface area (TPSA) is 69.4 Å². The molecular weight excluding hydrogens is 374 g/mol. The van der Waals surface area contributed by atoms with Crippen LogP contribution in [0.3, 0.4) is 0 Å². The summed E-state index contributed by atoms with van der Waals surface area (Å²) in [5.41, 5.74) is 1.87. The molecule has 0 atom stereocenters. The van der Waals surface area contributed by atoms with Crippen molar-refractivity contribution in [2.45, 2.75) is 6.54 Å². The highest BCUT2D eigenvalue weighted by Crippen LogP contribution is 2.36. The Morgan fingerprint density at radius 1 is 1.12 bits per heavy atom. The minimum absolute atomic E-state index is 0.430. The van der Waals surface area contributed by atoms with Crippen molar-refractivity contribution < 1.29 is 14.0 Å². The van der Waals surface area contributed by atoms with Gasteiger partial charge in [0.05, 0.1) is 18.7 Å². The number of aromatic nitrogens is 2. The van der Waals surface area contributed by atoms with Crippen molar-refractivity contribution in [1.29, 1.82) is 0 Å². The molecule has 0 fully saturated rings. The molecule has 0 amide bonds. The van der Waals surface area contributed by atoms with Crippen molar-refractivity contribution in [2.24, 2.45) is 0 Å². The van der Waals surface area contributed by atoms with Crippen molar-refractivity contribution in [3.8, 4) is 23.0 Å². The monoisotopic (exact) mass is 389 g/mol. The molecule has 1 heterocycles. The van der Waals surface area contributed by atoms with Crippen molar-refractivity contribution >= 4 is 21.9 Å². The summed E-state index contributed by atoms with van der Waals surface area (Å²) >= 11 is 3.48. The molecular formula is C17H16BrN3O3. The number of benzene rings is 2. The maximum Gasteiger partial charge on any atom is 0.264 e. The Morgan fingerprint density at radius 3 is 2.62 bits per heavy atom. The van der Waals surface area contributed by atoms with Gasteiger partial charge in [0, 0.05) is 12.1 Å². The van der Waals surface area contributed by atoms with Crippen LogP contribution < -0.4 is 14.8 Å². The second kappa shape index (κ2) is 7.35. The van der Waals surface area contributed by atoms with E-state index in [0.29, 0.717) is 29.9 Å². The van der Waals surface area contributed by atoms with Gasteiger partial charge in [0.25, 0.3) is 11.8 Å². The molecule has 0 saturated heterocycles. The molecule has 0 spiro atoms. The van der Waals surface area contributed by atoms with Crippen LogP contribution in [0.1, 0.15) is 5.56 Å². The van der Waals surface area contributed by atoms with E-state index in [-0.39, 0.29) is 0 Å². The molecule has 0 unspecified atom stereocenters. The molecule has 0 radical (unpaired) electrons. The second-order valence-corrected chi connectivity index (χ2v) is 5.81. The maximum atomic E-state index is 5.34. The van der Waals surface area contributed by atoms with Crippen LogP contribution in [-0.4, -0.2) is 24.4 Å². The first-order valence-corrected chi connectivity index (χ1v) is 8.04. The SMILES string of the molecule is COc1cc(CNc2noc(-c3ccccc3)n2)cc(Br)c1OC. The molecule has 0 aliphatic heterocycles. The van der Waals surface area contributed by atoms with Gasteiger partial charge in [-0.25, -0.2) is 0 Å². The molecule has 0 saturated carbocycles. The van der Waals surface area contributed by atoms with Gasteiger partial charge in [-0.1, -0.05) is 18.2 Å². The molecule has 3 rings (SSSR count). The minimum atomic E-state index is 0.430. The molecule has 0 aliphatic rings. The summed E-state index contributed by atoms with van der Waals surface area (Å²) in [5.74, 6) is 2.22. The summed E-state index contributed by atoms with van der Waals surface area (Å²) in [6.07, 6.45) is 0. The zero-order valence-electron chi connectivity index (χ0n) is 13.2. The summed E-state index contributed by atoms with van der Waals surface area (Å²) in [6.45, 7) is 0.521. The third-order valence-electron chi connectivity index (χ3n) is 3.39. The standard InChI is InChI=1S/C17H16BrN3O3/c1-22-14-9-11(8-13(18)15(14)23-2)10-19-17-20-16(24-21-17)12-6-4-3-5-7-12/h3-9H,10H2,1-2H3,(H,19,21). The first-order valence-electron chi connectivity index (χ1n) is 7.24. The summed E-state index contributed by atoms with van der Waals surface area (Å²) in [6, 6.07) is 13.5. The largest absolute Gasteiger partial charge is 0.493 e. The fourth-order valence-electron chi connectivity index (χ4n) is 2.25. The van der Waals surface area contributed by atoms with Gasteiger partial charge in [0.1, 0.15) is 0 Å². The van der Waals surface area contributed by atoms with Crippen LogP contribution in [0.2, 0.25) is 0 Å². The third-order valence-corrected chi connectivity index (χ3v) is 3.98. The van der Waals surface area contributed by atoms with Crippen molar-refractivity contribution in [3.63, 3.8) is 0 Å². The Morgan fingerprint density at radius 2 is 1.92 bits per heavy atom. The minimum Gasteiger partial charge on any atom is -0.493 e. The Labute approximate surface area is 147 Å². The smallest absolute Gasteiger partial charge is 0.264 e. The number of ether oxygens (including phenoxy) is 2. The Kier molecular flexibility index (Phi) is 5.00. The fourth-order valence-corrected chi connectivity index (χ4v) is 2.90. The number of halogens is 1. The molecule has 3 aromatic rings. The zero-order valence-corrected chi connectivity index (χ0v) is 14.8. The molecule has 1 aromatic heterocycles. The third kappa shape index (κ3) is 3.51. The van der Waals surface area contributed by atoms with Gasteiger partial charge in [0.2, 0.25) is 0 Å². The van der Waals surface area contributed by atoms with E-state index in [0.717, 1.165) is 15.6 Å². The molecule has 6 nitrogen and oxygen atoms in total. The van der Waals surface area contributed by atoms with E-state index < -0.39 is 0 Å². The van der Waals surface area contributed by atoms with Crippen LogP contribution in [0, 0.1) is 0 Å². The predicted molar refractivity (Wildman–Crippen MR) is 94.3 cm³/mol. The van der Waals surface area contributed by atoms with Gasteiger partial charge in [-0.15, -0.1) is 0 Å². The summed E-state index contributed by atoms with van der Waals surface area (Å²) in [4.78, 5) is 4.34. The molecule has 2 aromatic carbocycles. The first-order chi connectivity index (χ1) is 11.7. The highest BCUT2D eigenvalue weighted by Gasteiger charge is 2.12. The van der Waals surface area contributed by atoms with E-state index in [9.17, 15) is 0 Å². The highest BCUT2D eigenvalue weighted by atomic mass is 79.9. The molecule has 24 heavy (non-hydrogen) atoms. The van der Waals surface area contributed by atoms with Gasteiger partial charge < -0.3 is 19.3 Å². The number of hydrogen-bond donors (Lipinski definition) is 1. The zero-order chi connectivity index (χ0) is 16.9. The van der Waals surface area contributed by atoms with Gasteiger partial charge in [-0.3, -0.25) is 0 Å². The first kappa shape index (κ1) is 16.3. The fraction of sp³-hybridized carbons (Fsp3) is 0.176. The number of nitrogens with zero attached hydrogens (tertiary/aromatic N) is 2. The number of rotatable bonds is 6. The second-order valence-electron chi connectivity index (χ2n) is 4.96. The van der Waals surface area contributed by atoms with E-state index in [2.05, 4.69) is 31.4 Å². The quantitative estimate of drug-likeness (QED) is 0.683. The molecule has 124 valence electrons. The molecule has 0 aliphatic carbocycles. The summed E-state index contributed by atoms with van der Waals surface area (Å²) in [5, 5.41) is 7.08. The van der Waals surface area contributed by atoms with Crippen LogP contribution in [-0.2, 0) is 6.54 Å². The van der Waals surface area contributed by atoms with Crippen LogP contribution in [0.15, 0.2) is 51.5 Å². The number of nitrogens with one attached hydrogen (secondary N) is 1. The average Bonchev–Trinajstić information content (AvgIpc) is 3.09. The lowest BCUT2D eigenvalue weighted by molar-refractivity contribution is 0.352. The van der Waals surface area contributed by atoms with Crippen LogP contribution in [0.4, 0.5) is 5.95 Å². The van der Waals surface area contributed by atoms with Gasteiger partial charge in [-0.05, 0) is 50.9 Å². The van der Waals surface area contributed by atoms with Crippen molar-refractivity contribution in [2.75, 3.05) is 19.5 Å². The van der Waals surface area contributed by atoms with Crippen molar-refractivity contribution in [1.82, 2.24) is 10.1 Å². The van der Waals surface area contributed by atoms with Gasteiger partial charge in [-0.2, -0.15) is 4.98 Å². The lowest BCUT2D eigenvalue weighted by atomic mass is 10.2. The van der Waals surface area contributed by atoms with E-state index in [4.69, 9.17) is 14.0 Å². The maximum absolute atomic E-state index is 5.34. The lowest BCUT2D eigenvalue weighted by Gasteiger charge is -2.12. The number of hydrogen-bond acceptors (Lipinski definition) is 6. The summed E-state index contributed by atoms with van der Waals surface area (Å²) in [7, 11) is 3.21. The number of anilines is 1. The Hall–Kier alpha value is -2.54. The summed E-state index contributed by atoms with van der Waals surface area (Å²) < 4.78 is 16.7. The Balaban J connectivity index is 1.72. The molecule has 7 heteroatoms. The number of methoxy groups -OCH3 is 2. The molecule has 1 N–H and O–H groups in total. The van der Waals surface area contributed by atoms with Crippen LogP contribution in [0.5, 0.6) is 11.5 Å². The average molecular weight is 390 g/mol. The van der Waals surface area contributed by atoms with E-state index in [1.807, 2.05) is 42.5 Å². The lowest BCUT2D eigenvalue weighted by Crippen LogP contribution is -2.02. The van der Waals surface area contributed by atoms with Crippen LogP contribution >= 0.6 is 15.9 Å². The van der Waals surface area contributed by atoms with Crippen molar-refractivity contribution in [3.05, 3.63) is 52.5 Å². The van der Waals surface area contributed by atoms with Gasteiger partial charge >= 0.3 is 0 Å². The van der Waals surface area contributed by atoms with E-state index in [1.165, 1.54) is 0 Å². The molecule has 0 bridgehead atoms.